The van der Waals surface area contributed by atoms with Gasteiger partial charge in [0.1, 0.15) is 0 Å². The second kappa shape index (κ2) is 3.27. The number of nitrogens with zero attached hydrogens (tertiary/aromatic N) is 4. The van der Waals surface area contributed by atoms with Crippen LogP contribution in [0.1, 0.15) is 5.82 Å². The first-order valence-electron chi connectivity index (χ1n) is 4.75. The molecule has 0 atom stereocenters. The van der Waals surface area contributed by atoms with Crippen LogP contribution in [0.3, 0.4) is 0 Å². The molecule has 6 heteroatoms. The summed E-state index contributed by atoms with van der Waals surface area (Å²) in [6, 6.07) is 5.98. The monoisotopic (exact) mass is 278 g/mol. The standard InChI is InChI=1S/C10H7BrN4O/c11-7-1-2-8-13-9(14-15(8)3-7)10(4-12)5-16-6-10/h1-3H,5-6H2. The van der Waals surface area contributed by atoms with Gasteiger partial charge in [0, 0.05) is 10.7 Å². The maximum atomic E-state index is 9.14. The largest absolute Gasteiger partial charge is 0.377 e. The lowest BCUT2D eigenvalue weighted by Gasteiger charge is -2.31. The SMILES string of the molecule is N#CC1(c2nc3ccc(Br)cn3n2)COC1. The average Bonchev–Trinajstić information content (AvgIpc) is 2.60. The van der Waals surface area contributed by atoms with E-state index in [1.807, 2.05) is 18.3 Å². The minimum atomic E-state index is -0.654. The molecule has 0 unspecified atom stereocenters. The Labute approximate surface area is 99.8 Å². The van der Waals surface area contributed by atoms with E-state index >= 15 is 0 Å². The van der Waals surface area contributed by atoms with Crippen LogP contribution in [0.25, 0.3) is 5.65 Å². The van der Waals surface area contributed by atoms with E-state index in [9.17, 15) is 0 Å². The fourth-order valence-electron chi connectivity index (χ4n) is 1.61. The van der Waals surface area contributed by atoms with E-state index in [0.29, 0.717) is 19.0 Å². The second-order valence-corrected chi connectivity index (χ2v) is 4.69. The van der Waals surface area contributed by atoms with Crippen LogP contribution in [0.5, 0.6) is 0 Å². The molecule has 3 rings (SSSR count). The zero-order chi connectivity index (χ0) is 11.2. The van der Waals surface area contributed by atoms with Gasteiger partial charge in [0.25, 0.3) is 0 Å². The number of rotatable bonds is 1. The summed E-state index contributed by atoms with van der Waals surface area (Å²) in [5.74, 6) is 0.541. The van der Waals surface area contributed by atoms with Crippen molar-refractivity contribution in [1.29, 1.82) is 5.26 Å². The summed E-state index contributed by atoms with van der Waals surface area (Å²) < 4.78 is 7.67. The third-order valence-corrected chi connectivity index (χ3v) is 3.10. The van der Waals surface area contributed by atoms with E-state index in [2.05, 4.69) is 32.1 Å². The van der Waals surface area contributed by atoms with Crippen LogP contribution in [0.15, 0.2) is 22.8 Å². The normalized spacial score (nSPS) is 18.0. The Morgan fingerprint density at radius 3 is 2.94 bits per heavy atom. The van der Waals surface area contributed by atoms with Crippen molar-refractivity contribution in [2.45, 2.75) is 5.41 Å². The van der Waals surface area contributed by atoms with Crippen molar-refractivity contribution in [2.24, 2.45) is 0 Å². The third-order valence-electron chi connectivity index (χ3n) is 2.63. The number of hydrogen-bond donors (Lipinski definition) is 0. The Morgan fingerprint density at radius 1 is 1.50 bits per heavy atom. The molecule has 0 amide bonds. The van der Waals surface area contributed by atoms with Gasteiger partial charge in [-0.25, -0.2) is 9.50 Å². The van der Waals surface area contributed by atoms with Crippen molar-refractivity contribution in [2.75, 3.05) is 13.2 Å². The van der Waals surface area contributed by atoms with E-state index in [0.717, 1.165) is 10.1 Å². The highest BCUT2D eigenvalue weighted by atomic mass is 79.9. The highest BCUT2D eigenvalue weighted by Gasteiger charge is 2.44. The number of fused-ring (bicyclic) bond motifs is 1. The summed E-state index contributed by atoms with van der Waals surface area (Å²) in [7, 11) is 0. The smallest absolute Gasteiger partial charge is 0.176 e. The molecule has 1 saturated heterocycles. The van der Waals surface area contributed by atoms with E-state index in [1.165, 1.54) is 0 Å². The fraction of sp³-hybridized carbons (Fsp3) is 0.300. The molecule has 80 valence electrons. The molecule has 0 bridgehead atoms. The molecule has 0 aliphatic carbocycles. The molecule has 1 aliphatic heterocycles. The highest BCUT2D eigenvalue weighted by molar-refractivity contribution is 9.10. The molecule has 2 aromatic heterocycles. The Balaban J connectivity index is 2.16. The molecule has 3 heterocycles. The van der Waals surface area contributed by atoms with Gasteiger partial charge in [0.2, 0.25) is 0 Å². The molecular weight excluding hydrogens is 272 g/mol. The van der Waals surface area contributed by atoms with Crippen molar-refractivity contribution in [3.8, 4) is 6.07 Å². The lowest BCUT2D eigenvalue weighted by Crippen LogP contribution is -2.46. The Morgan fingerprint density at radius 2 is 2.31 bits per heavy atom. The summed E-state index contributed by atoms with van der Waals surface area (Å²) in [5, 5.41) is 13.5. The van der Waals surface area contributed by atoms with Crippen LogP contribution >= 0.6 is 15.9 Å². The summed E-state index contributed by atoms with van der Waals surface area (Å²) in [5.41, 5.74) is 0.0816. The van der Waals surface area contributed by atoms with E-state index < -0.39 is 5.41 Å². The van der Waals surface area contributed by atoms with Crippen LogP contribution in [0.2, 0.25) is 0 Å². The number of nitriles is 1. The maximum Gasteiger partial charge on any atom is 0.176 e. The number of pyridine rings is 1. The van der Waals surface area contributed by atoms with Crippen LogP contribution in [-0.2, 0) is 10.2 Å². The van der Waals surface area contributed by atoms with E-state index in [4.69, 9.17) is 10.00 Å². The van der Waals surface area contributed by atoms with Gasteiger partial charge in [-0.3, -0.25) is 0 Å². The summed E-state index contributed by atoms with van der Waals surface area (Å²) in [6.45, 7) is 0.753. The van der Waals surface area contributed by atoms with Crippen LogP contribution in [0, 0.1) is 11.3 Å². The molecule has 1 fully saturated rings. The summed E-state index contributed by atoms with van der Waals surface area (Å²) in [6.07, 6.45) is 1.82. The average molecular weight is 279 g/mol. The zero-order valence-electron chi connectivity index (χ0n) is 8.22. The van der Waals surface area contributed by atoms with Gasteiger partial charge < -0.3 is 4.74 Å². The number of ether oxygens (including phenoxy) is 1. The van der Waals surface area contributed by atoms with Crippen molar-refractivity contribution in [1.82, 2.24) is 14.6 Å². The van der Waals surface area contributed by atoms with Gasteiger partial charge in [-0.1, -0.05) is 0 Å². The van der Waals surface area contributed by atoms with Gasteiger partial charge in [-0.05, 0) is 28.1 Å². The predicted octanol–water partition coefficient (Wildman–Crippen LogP) is 1.28. The first-order chi connectivity index (χ1) is 7.73. The van der Waals surface area contributed by atoms with E-state index in [-0.39, 0.29) is 0 Å². The first-order valence-corrected chi connectivity index (χ1v) is 5.54. The van der Waals surface area contributed by atoms with Crippen molar-refractivity contribution < 1.29 is 4.74 Å². The molecule has 1 aliphatic rings. The summed E-state index contributed by atoms with van der Waals surface area (Å²) in [4.78, 5) is 4.35. The number of aromatic nitrogens is 3. The molecule has 16 heavy (non-hydrogen) atoms. The fourth-order valence-corrected chi connectivity index (χ4v) is 1.94. The molecule has 0 spiro atoms. The lowest BCUT2D eigenvalue weighted by molar-refractivity contribution is -0.0337. The minimum absolute atomic E-state index is 0.377. The molecule has 5 nitrogen and oxygen atoms in total. The van der Waals surface area contributed by atoms with Gasteiger partial charge in [0.15, 0.2) is 16.9 Å². The van der Waals surface area contributed by atoms with Gasteiger partial charge in [-0.15, -0.1) is 5.10 Å². The van der Waals surface area contributed by atoms with Crippen molar-refractivity contribution in [3.63, 3.8) is 0 Å². The van der Waals surface area contributed by atoms with Gasteiger partial charge in [0.05, 0.1) is 19.3 Å². The van der Waals surface area contributed by atoms with Gasteiger partial charge >= 0.3 is 0 Å². The van der Waals surface area contributed by atoms with Crippen LogP contribution in [0.4, 0.5) is 0 Å². The topological polar surface area (TPSA) is 63.2 Å². The molecule has 0 radical (unpaired) electrons. The van der Waals surface area contributed by atoms with Crippen LogP contribution < -0.4 is 0 Å². The summed E-state index contributed by atoms with van der Waals surface area (Å²) >= 11 is 3.36. The Bertz CT molecular complexity index is 596. The van der Waals surface area contributed by atoms with Crippen LogP contribution in [-0.4, -0.2) is 27.8 Å². The van der Waals surface area contributed by atoms with Gasteiger partial charge in [-0.2, -0.15) is 5.26 Å². The first kappa shape index (κ1) is 9.75. The molecular formula is C10H7BrN4O. The Kier molecular flexibility index (Phi) is 1.99. The molecule has 0 N–H and O–H groups in total. The third kappa shape index (κ3) is 1.25. The van der Waals surface area contributed by atoms with Crippen molar-refractivity contribution in [3.05, 3.63) is 28.6 Å². The Hall–Kier alpha value is -1.45. The lowest BCUT2D eigenvalue weighted by atomic mass is 9.87. The van der Waals surface area contributed by atoms with E-state index in [1.54, 1.807) is 4.52 Å². The molecule has 0 aromatic carbocycles. The number of halogens is 1. The minimum Gasteiger partial charge on any atom is -0.377 e. The number of hydrogen-bond acceptors (Lipinski definition) is 4. The highest BCUT2D eigenvalue weighted by Crippen LogP contribution is 2.29. The zero-order valence-corrected chi connectivity index (χ0v) is 9.81. The quantitative estimate of drug-likeness (QED) is 0.789. The maximum absolute atomic E-state index is 9.14. The predicted molar refractivity (Wildman–Crippen MR) is 58.8 cm³/mol. The molecule has 0 saturated carbocycles. The van der Waals surface area contributed by atoms with Crippen molar-refractivity contribution >= 4 is 21.6 Å². The second-order valence-electron chi connectivity index (χ2n) is 3.77. The molecule has 2 aromatic rings.